The Labute approximate surface area is 123 Å². The van der Waals surface area contributed by atoms with E-state index in [1.54, 1.807) is 6.20 Å². The number of benzene rings is 1. The zero-order valence-electron chi connectivity index (χ0n) is 12.7. The number of esters is 1. The van der Waals surface area contributed by atoms with E-state index in [9.17, 15) is 9.59 Å². The minimum atomic E-state index is -0.705. The second-order valence-corrected chi connectivity index (χ2v) is 6.04. The fourth-order valence-electron chi connectivity index (χ4n) is 2.22. The molecule has 1 aromatic heterocycles. The zero-order valence-corrected chi connectivity index (χ0v) is 12.7. The van der Waals surface area contributed by atoms with Gasteiger partial charge < -0.3 is 15.0 Å². The summed E-state index contributed by atoms with van der Waals surface area (Å²) >= 11 is 0. The lowest BCUT2D eigenvalue weighted by Gasteiger charge is -2.28. The lowest BCUT2D eigenvalue weighted by molar-refractivity contribution is -0.145. The van der Waals surface area contributed by atoms with Crippen LogP contribution in [0.4, 0.5) is 0 Å². The molecule has 2 aromatic rings. The van der Waals surface area contributed by atoms with Crippen LogP contribution in [0.3, 0.4) is 0 Å². The molecule has 0 aliphatic heterocycles. The number of methoxy groups -OCH3 is 1. The van der Waals surface area contributed by atoms with Gasteiger partial charge in [-0.2, -0.15) is 0 Å². The molecule has 0 aliphatic carbocycles. The van der Waals surface area contributed by atoms with E-state index in [4.69, 9.17) is 4.74 Å². The first-order valence-electron chi connectivity index (χ1n) is 6.79. The number of amides is 1. The van der Waals surface area contributed by atoms with Crippen molar-refractivity contribution in [3.63, 3.8) is 0 Å². The molecule has 1 heterocycles. The maximum absolute atomic E-state index is 12.5. The third-order valence-electron chi connectivity index (χ3n) is 3.41. The van der Waals surface area contributed by atoms with Gasteiger partial charge in [-0.3, -0.25) is 4.79 Å². The van der Waals surface area contributed by atoms with Crippen molar-refractivity contribution in [2.45, 2.75) is 26.8 Å². The van der Waals surface area contributed by atoms with Gasteiger partial charge in [-0.05, 0) is 11.5 Å². The first-order valence-corrected chi connectivity index (χ1v) is 6.79. The molecule has 5 heteroatoms. The highest BCUT2D eigenvalue weighted by Gasteiger charge is 2.34. The summed E-state index contributed by atoms with van der Waals surface area (Å²) in [7, 11) is 1.32. The van der Waals surface area contributed by atoms with Gasteiger partial charge in [-0.1, -0.05) is 39.0 Å². The van der Waals surface area contributed by atoms with E-state index in [1.807, 2.05) is 45.0 Å². The standard InChI is InChI=1S/C16H20N2O3/c1-16(2,3)13(15(20)21-4)18-14(19)11-9-17-12-8-6-5-7-10(11)12/h5-9,13,17H,1-4H3,(H,18,19). The summed E-state index contributed by atoms with van der Waals surface area (Å²) in [5, 5.41) is 3.60. The van der Waals surface area contributed by atoms with E-state index in [0.29, 0.717) is 5.56 Å². The fraction of sp³-hybridized carbons (Fsp3) is 0.375. The number of carbonyl (C=O) groups is 2. The fourth-order valence-corrected chi connectivity index (χ4v) is 2.22. The molecule has 112 valence electrons. The summed E-state index contributed by atoms with van der Waals surface area (Å²) in [6.45, 7) is 5.64. The lowest BCUT2D eigenvalue weighted by Crippen LogP contribution is -2.49. The van der Waals surface area contributed by atoms with Crippen LogP contribution in [-0.2, 0) is 9.53 Å². The number of carbonyl (C=O) groups excluding carboxylic acids is 2. The summed E-state index contributed by atoms with van der Waals surface area (Å²) in [6, 6.07) is 6.82. The molecular formula is C16H20N2O3. The van der Waals surface area contributed by atoms with E-state index in [0.717, 1.165) is 10.9 Å². The predicted octanol–water partition coefficient (Wildman–Crippen LogP) is 2.49. The van der Waals surface area contributed by atoms with Crippen LogP contribution < -0.4 is 5.32 Å². The molecule has 0 saturated heterocycles. The number of H-pyrrole nitrogens is 1. The van der Waals surface area contributed by atoms with Crippen LogP contribution in [0.2, 0.25) is 0 Å². The van der Waals surface area contributed by atoms with Crippen molar-refractivity contribution in [2.24, 2.45) is 5.41 Å². The third-order valence-corrected chi connectivity index (χ3v) is 3.41. The zero-order chi connectivity index (χ0) is 15.6. The number of para-hydroxylation sites is 1. The number of hydrogen-bond donors (Lipinski definition) is 2. The predicted molar refractivity (Wildman–Crippen MR) is 81.0 cm³/mol. The lowest BCUT2D eigenvalue weighted by atomic mass is 9.86. The molecule has 1 aromatic carbocycles. The Morgan fingerprint density at radius 1 is 1.24 bits per heavy atom. The Balaban J connectivity index is 2.29. The average Bonchev–Trinajstić information content (AvgIpc) is 2.86. The van der Waals surface area contributed by atoms with Gasteiger partial charge in [0.25, 0.3) is 5.91 Å². The Hall–Kier alpha value is -2.30. The van der Waals surface area contributed by atoms with Crippen LogP contribution in [0, 0.1) is 5.41 Å². The molecule has 21 heavy (non-hydrogen) atoms. The van der Waals surface area contributed by atoms with E-state index in [2.05, 4.69) is 10.3 Å². The van der Waals surface area contributed by atoms with E-state index in [-0.39, 0.29) is 5.91 Å². The van der Waals surface area contributed by atoms with Gasteiger partial charge in [-0.25, -0.2) is 4.79 Å². The highest BCUT2D eigenvalue weighted by atomic mass is 16.5. The van der Waals surface area contributed by atoms with E-state index in [1.165, 1.54) is 7.11 Å². The van der Waals surface area contributed by atoms with Crippen molar-refractivity contribution < 1.29 is 14.3 Å². The first-order chi connectivity index (χ1) is 9.84. The number of fused-ring (bicyclic) bond motifs is 1. The topological polar surface area (TPSA) is 71.2 Å². The highest BCUT2D eigenvalue weighted by molar-refractivity contribution is 6.07. The number of rotatable bonds is 3. The normalized spacial score (nSPS) is 13.0. The average molecular weight is 288 g/mol. The van der Waals surface area contributed by atoms with Crippen molar-refractivity contribution in [2.75, 3.05) is 7.11 Å². The summed E-state index contributed by atoms with van der Waals surface area (Å²) in [6.07, 6.45) is 1.65. The molecule has 0 fully saturated rings. The van der Waals surface area contributed by atoms with Crippen LogP contribution >= 0.6 is 0 Å². The summed E-state index contributed by atoms with van der Waals surface area (Å²) in [5.74, 6) is -0.742. The monoisotopic (exact) mass is 288 g/mol. The van der Waals surface area contributed by atoms with Crippen molar-refractivity contribution in [1.82, 2.24) is 10.3 Å². The minimum Gasteiger partial charge on any atom is -0.467 e. The largest absolute Gasteiger partial charge is 0.467 e. The van der Waals surface area contributed by atoms with Crippen LogP contribution in [0.25, 0.3) is 10.9 Å². The van der Waals surface area contributed by atoms with Gasteiger partial charge in [0.15, 0.2) is 0 Å². The molecule has 0 spiro atoms. The molecular weight excluding hydrogens is 268 g/mol. The number of aromatic nitrogens is 1. The molecule has 0 bridgehead atoms. The van der Waals surface area contributed by atoms with Gasteiger partial charge >= 0.3 is 5.97 Å². The van der Waals surface area contributed by atoms with E-state index < -0.39 is 17.4 Å². The Morgan fingerprint density at radius 2 is 1.90 bits per heavy atom. The van der Waals surface area contributed by atoms with Gasteiger partial charge in [0, 0.05) is 17.1 Å². The van der Waals surface area contributed by atoms with Crippen molar-refractivity contribution in [3.8, 4) is 0 Å². The smallest absolute Gasteiger partial charge is 0.328 e. The maximum atomic E-state index is 12.5. The molecule has 0 saturated carbocycles. The quantitative estimate of drug-likeness (QED) is 0.852. The van der Waals surface area contributed by atoms with Crippen LogP contribution in [0.1, 0.15) is 31.1 Å². The van der Waals surface area contributed by atoms with Crippen molar-refractivity contribution >= 4 is 22.8 Å². The summed E-state index contributed by atoms with van der Waals surface area (Å²) in [5.41, 5.74) is 0.964. The SMILES string of the molecule is COC(=O)C(NC(=O)c1c[nH]c2ccccc12)C(C)(C)C. The first kappa shape index (κ1) is 15.1. The molecule has 1 amide bonds. The van der Waals surface area contributed by atoms with Crippen molar-refractivity contribution in [3.05, 3.63) is 36.0 Å². The molecule has 0 radical (unpaired) electrons. The summed E-state index contributed by atoms with van der Waals surface area (Å²) < 4.78 is 4.78. The van der Waals surface area contributed by atoms with Crippen LogP contribution in [0.15, 0.2) is 30.5 Å². The van der Waals surface area contributed by atoms with Crippen LogP contribution in [0.5, 0.6) is 0 Å². The third kappa shape index (κ3) is 3.07. The second kappa shape index (κ2) is 5.60. The number of ether oxygens (including phenoxy) is 1. The van der Waals surface area contributed by atoms with Gasteiger partial charge in [0.05, 0.1) is 12.7 Å². The van der Waals surface area contributed by atoms with Crippen LogP contribution in [-0.4, -0.2) is 30.0 Å². The Bertz CT molecular complexity index is 667. The minimum absolute atomic E-state index is 0.294. The Kier molecular flexibility index (Phi) is 4.02. The molecule has 2 rings (SSSR count). The number of aromatic amines is 1. The van der Waals surface area contributed by atoms with E-state index >= 15 is 0 Å². The number of nitrogens with one attached hydrogen (secondary N) is 2. The molecule has 0 aliphatic rings. The maximum Gasteiger partial charge on any atom is 0.328 e. The molecule has 1 atom stereocenters. The van der Waals surface area contributed by atoms with Gasteiger partial charge in [-0.15, -0.1) is 0 Å². The molecule has 2 N–H and O–H groups in total. The van der Waals surface area contributed by atoms with Gasteiger partial charge in [0.2, 0.25) is 0 Å². The molecule has 5 nitrogen and oxygen atoms in total. The van der Waals surface area contributed by atoms with Gasteiger partial charge in [0.1, 0.15) is 6.04 Å². The van der Waals surface area contributed by atoms with Crippen molar-refractivity contribution in [1.29, 1.82) is 0 Å². The highest BCUT2D eigenvalue weighted by Crippen LogP contribution is 2.22. The molecule has 1 unspecified atom stereocenters. The number of hydrogen-bond acceptors (Lipinski definition) is 3. The second-order valence-electron chi connectivity index (χ2n) is 6.04. The Morgan fingerprint density at radius 3 is 2.52 bits per heavy atom. The summed E-state index contributed by atoms with van der Waals surface area (Å²) in [4.78, 5) is 27.4.